The maximum absolute atomic E-state index is 13.5. The summed E-state index contributed by atoms with van der Waals surface area (Å²) in [7, 11) is 0. The molecule has 126 valence electrons. The summed E-state index contributed by atoms with van der Waals surface area (Å²) in [5.41, 5.74) is 1.16. The molecule has 24 heavy (non-hydrogen) atoms. The van der Waals surface area contributed by atoms with E-state index in [1.165, 1.54) is 0 Å². The summed E-state index contributed by atoms with van der Waals surface area (Å²) in [5, 5.41) is 5.59. The van der Waals surface area contributed by atoms with Crippen molar-refractivity contribution in [3.8, 4) is 0 Å². The van der Waals surface area contributed by atoms with Crippen LogP contribution in [0.15, 0.2) is 36.4 Å². The Bertz CT molecular complexity index is 781. The van der Waals surface area contributed by atoms with Gasteiger partial charge in [-0.3, -0.25) is 9.59 Å². The molecular weight excluding hydrogens is 338 g/mol. The Labute approximate surface area is 142 Å². The van der Waals surface area contributed by atoms with Crippen LogP contribution in [0.5, 0.6) is 0 Å². The molecule has 2 amide bonds. The van der Waals surface area contributed by atoms with Gasteiger partial charge < -0.3 is 10.6 Å². The Morgan fingerprint density at radius 1 is 1.12 bits per heavy atom. The first-order chi connectivity index (χ1) is 11.4. The molecule has 0 heterocycles. The number of amides is 2. The van der Waals surface area contributed by atoms with E-state index in [-0.39, 0.29) is 24.4 Å². The molecule has 0 saturated heterocycles. The van der Waals surface area contributed by atoms with Crippen molar-refractivity contribution in [3.05, 3.63) is 64.2 Å². The molecule has 0 aromatic heterocycles. The van der Waals surface area contributed by atoms with Crippen LogP contribution in [-0.2, 0) is 4.79 Å². The lowest BCUT2D eigenvalue weighted by Gasteiger charge is -2.08. The van der Waals surface area contributed by atoms with Crippen molar-refractivity contribution in [2.75, 3.05) is 11.9 Å². The highest BCUT2D eigenvalue weighted by molar-refractivity contribution is 6.31. The van der Waals surface area contributed by atoms with E-state index in [4.69, 9.17) is 11.6 Å². The number of anilines is 1. The van der Waals surface area contributed by atoms with Gasteiger partial charge in [0.15, 0.2) is 0 Å². The summed E-state index contributed by atoms with van der Waals surface area (Å²) in [6, 6.07) is 7.78. The van der Waals surface area contributed by atoms with E-state index in [2.05, 4.69) is 10.6 Å². The van der Waals surface area contributed by atoms with Crippen molar-refractivity contribution in [2.45, 2.75) is 13.3 Å². The van der Waals surface area contributed by atoms with Crippen LogP contribution >= 0.6 is 11.6 Å². The summed E-state index contributed by atoms with van der Waals surface area (Å²) >= 11 is 5.97. The Morgan fingerprint density at radius 3 is 2.54 bits per heavy atom. The number of carbonyl (C=O) groups excluding carboxylic acids is 2. The van der Waals surface area contributed by atoms with Crippen LogP contribution < -0.4 is 10.6 Å². The van der Waals surface area contributed by atoms with Gasteiger partial charge in [0.05, 0.1) is 5.56 Å². The minimum absolute atomic E-state index is 0.0000488. The van der Waals surface area contributed by atoms with Gasteiger partial charge in [0.1, 0.15) is 11.6 Å². The molecule has 0 atom stereocenters. The average molecular weight is 353 g/mol. The van der Waals surface area contributed by atoms with Gasteiger partial charge in [0.25, 0.3) is 5.91 Å². The lowest BCUT2D eigenvalue weighted by Crippen LogP contribution is -2.28. The van der Waals surface area contributed by atoms with E-state index in [1.54, 1.807) is 18.2 Å². The first-order valence-electron chi connectivity index (χ1n) is 7.16. The van der Waals surface area contributed by atoms with E-state index in [0.717, 1.165) is 17.7 Å². The fourth-order valence-corrected chi connectivity index (χ4v) is 2.13. The number of hydrogen-bond acceptors (Lipinski definition) is 2. The van der Waals surface area contributed by atoms with Crippen LogP contribution in [0.2, 0.25) is 5.02 Å². The van der Waals surface area contributed by atoms with Gasteiger partial charge in [-0.15, -0.1) is 0 Å². The number of benzene rings is 2. The van der Waals surface area contributed by atoms with Crippen LogP contribution in [-0.4, -0.2) is 18.4 Å². The van der Waals surface area contributed by atoms with Crippen molar-refractivity contribution in [3.63, 3.8) is 0 Å². The van der Waals surface area contributed by atoms with Gasteiger partial charge >= 0.3 is 0 Å². The quantitative estimate of drug-likeness (QED) is 0.862. The number of carbonyl (C=O) groups is 2. The molecule has 2 rings (SSSR count). The summed E-state index contributed by atoms with van der Waals surface area (Å²) in [4.78, 5) is 23.6. The van der Waals surface area contributed by atoms with Crippen molar-refractivity contribution in [1.29, 1.82) is 0 Å². The van der Waals surface area contributed by atoms with Gasteiger partial charge in [0.2, 0.25) is 5.91 Å². The number of halogens is 3. The lowest BCUT2D eigenvalue weighted by molar-refractivity contribution is -0.116. The second-order valence-electron chi connectivity index (χ2n) is 5.14. The van der Waals surface area contributed by atoms with Gasteiger partial charge in [-0.05, 0) is 36.8 Å². The Kier molecular flexibility index (Phi) is 5.87. The van der Waals surface area contributed by atoms with Crippen molar-refractivity contribution >= 4 is 29.1 Å². The van der Waals surface area contributed by atoms with Crippen LogP contribution in [0.1, 0.15) is 22.3 Å². The highest BCUT2D eigenvalue weighted by Crippen LogP contribution is 2.20. The fraction of sp³-hybridized carbons (Fsp3) is 0.176. The van der Waals surface area contributed by atoms with E-state index in [9.17, 15) is 18.4 Å². The van der Waals surface area contributed by atoms with E-state index < -0.39 is 17.5 Å². The maximum Gasteiger partial charge on any atom is 0.254 e. The molecule has 0 aliphatic carbocycles. The normalized spacial score (nSPS) is 10.3. The standard InChI is InChI=1S/C17H15ClF2N2O2/c1-10-2-4-12(9-14(10)18)22-16(23)6-7-21-17(24)13-5-3-11(19)8-15(13)20/h2-5,8-9H,6-7H2,1H3,(H,21,24)(H,22,23). The van der Waals surface area contributed by atoms with Gasteiger partial charge in [-0.25, -0.2) is 8.78 Å². The largest absolute Gasteiger partial charge is 0.351 e. The first-order valence-corrected chi connectivity index (χ1v) is 7.54. The molecule has 0 aliphatic rings. The maximum atomic E-state index is 13.5. The molecule has 0 aliphatic heterocycles. The van der Waals surface area contributed by atoms with Crippen LogP contribution in [0.4, 0.5) is 14.5 Å². The highest BCUT2D eigenvalue weighted by atomic mass is 35.5. The van der Waals surface area contributed by atoms with Gasteiger partial charge in [0, 0.05) is 29.7 Å². The molecule has 0 saturated carbocycles. The summed E-state index contributed by atoms with van der Waals surface area (Å²) in [5.74, 6) is -2.75. The predicted molar refractivity (Wildman–Crippen MR) is 88.1 cm³/mol. The molecule has 0 spiro atoms. The second-order valence-corrected chi connectivity index (χ2v) is 5.55. The van der Waals surface area contributed by atoms with Gasteiger partial charge in [-0.2, -0.15) is 0 Å². The van der Waals surface area contributed by atoms with Crippen molar-refractivity contribution in [1.82, 2.24) is 5.32 Å². The Hall–Kier alpha value is -2.47. The highest BCUT2D eigenvalue weighted by Gasteiger charge is 2.12. The molecule has 0 radical (unpaired) electrons. The molecule has 0 unspecified atom stereocenters. The zero-order valence-electron chi connectivity index (χ0n) is 12.8. The minimum Gasteiger partial charge on any atom is -0.351 e. The molecule has 2 N–H and O–H groups in total. The second kappa shape index (κ2) is 7.88. The van der Waals surface area contributed by atoms with E-state index in [0.29, 0.717) is 16.8 Å². The lowest BCUT2D eigenvalue weighted by atomic mass is 10.2. The zero-order chi connectivity index (χ0) is 17.7. The monoisotopic (exact) mass is 352 g/mol. The molecule has 4 nitrogen and oxygen atoms in total. The summed E-state index contributed by atoms with van der Waals surface area (Å²) < 4.78 is 26.2. The van der Waals surface area contributed by atoms with Crippen LogP contribution in [0.25, 0.3) is 0 Å². The van der Waals surface area contributed by atoms with E-state index >= 15 is 0 Å². The molecule has 2 aromatic rings. The summed E-state index contributed by atoms with van der Waals surface area (Å²) in [6.07, 6.45) is 0.0000488. The summed E-state index contributed by atoms with van der Waals surface area (Å²) in [6.45, 7) is 1.86. The third-order valence-corrected chi connectivity index (χ3v) is 3.68. The molecule has 7 heteroatoms. The van der Waals surface area contributed by atoms with Crippen molar-refractivity contribution < 1.29 is 18.4 Å². The first kappa shape index (κ1) is 17.9. The molecule has 0 fully saturated rings. The van der Waals surface area contributed by atoms with E-state index in [1.807, 2.05) is 6.92 Å². The average Bonchev–Trinajstić information content (AvgIpc) is 2.50. The Morgan fingerprint density at radius 2 is 1.88 bits per heavy atom. The third-order valence-electron chi connectivity index (χ3n) is 3.27. The van der Waals surface area contributed by atoms with Crippen LogP contribution in [0, 0.1) is 18.6 Å². The predicted octanol–water partition coefficient (Wildman–Crippen LogP) is 3.69. The number of rotatable bonds is 5. The third kappa shape index (κ3) is 4.76. The molecular formula is C17H15ClF2N2O2. The van der Waals surface area contributed by atoms with Crippen molar-refractivity contribution in [2.24, 2.45) is 0 Å². The smallest absolute Gasteiger partial charge is 0.254 e. The minimum atomic E-state index is -0.953. The molecule has 0 bridgehead atoms. The number of aryl methyl sites for hydroxylation is 1. The molecule has 2 aromatic carbocycles. The fourth-order valence-electron chi connectivity index (χ4n) is 1.95. The SMILES string of the molecule is Cc1ccc(NC(=O)CCNC(=O)c2ccc(F)cc2F)cc1Cl. The number of hydrogen-bond donors (Lipinski definition) is 2. The number of nitrogens with one attached hydrogen (secondary N) is 2. The topological polar surface area (TPSA) is 58.2 Å². The Balaban J connectivity index is 1.83. The van der Waals surface area contributed by atoms with Gasteiger partial charge in [-0.1, -0.05) is 17.7 Å². The zero-order valence-corrected chi connectivity index (χ0v) is 13.6. The van der Waals surface area contributed by atoms with Crippen LogP contribution in [0.3, 0.4) is 0 Å².